The molecule has 0 radical (unpaired) electrons. The standard InChI is InChI=1S/C22H39NO6Si/c1-16-14-22(26-4,29-18(3)17(16)2)20(24)21(25)23(19-10-8-9-11-28-19)15-27-12-13-30(5,6)7/h17-19H,1,8-15H2,2-7H3/t17-,18-,19-,22-/m0/s1. The molecule has 2 rings (SSSR count). The smallest absolute Gasteiger partial charge is 0.299 e. The maximum absolute atomic E-state index is 13.3. The summed E-state index contributed by atoms with van der Waals surface area (Å²) in [7, 11) is 0.135. The molecule has 0 aromatic rings. The van der Waals surface area contributed by atoms with Crippen LogP contribution in [-0.2, 0) is 28.5 Å². The van der Waals surface area contributed by atoms with Gasteiger partial charge >= 0.3 is 0 Å². The van der Waals surface area contributed by atoms with Crippen molar-refractivity contribution < 1.29 is 28.5 Å². The fourth-order valence-corrected chi connectivity index (χ4v) is 4.42. The maximum Gasteiger partial charge on any atom is 0.299 e. The van der Waals surface area contributed by atoms with Crippen molar-refractivity contribution in [2.45, 2.75) is 83.3 Å². The molecule has 4 atom stereocenters. The largest absolute Gasteiger partial charge is 0.361 e. The highest BCUT2D eigenvalue weighted by atomic mass is 28.3. The summed E-state index contributed by atoms with van der Waals surface area (Å²) in [6.45, 7) is 15.9. The number of amides is 1. The van der Waals surface area contributed by atoms with E-state index in [0.29, 0.717) is 19.6 Å². The van der Waals surface area contributed by atoms with Crippen molar-refractivity contribution in [2.24, 2.45) is 5.92 Å². The molecule has 0 unspecified atom stereocenters. The van der Waals surface area contributed by atoms with E-state index in [1.54, 1.807) is 0 Å². The van der Waals surface area contributed by atoms with Crippen molar-refractivity contribution in [1.29, 1.82) is 0 Å². The van der Waals surface area contributed by atoms with Crippen molar-refractivity contribution >= 4 is 19.8 Å². The van der Waals surface area contributed by atoms with Crippen molar-refractivity contribution in [3.8, 4) is 0 Å². The summed E-state index contributed by atoms with van der Waals surface area (Å²) in [4.78, 5) is 28.1. The zero-order valence-electron chi connectivity index (χ0n) is 19.5. The predicted octanol–water partition coefficient (Wildman–Crippen LogP) is 3.57. The van der Waals surface area contributed by atoms with Gasteiger partial charge in [0.25, 0.3) is 11.7 Å². The van der Waals surface area contributed by atoms with Crippen LogP contribution in [0.5, 0.6) is 0 Å². The zero-order chi connectivity index (χ0) is 22.5. The van der Waals surface area contributed by atoms with Gasteiger partial charge < -0.3 is 18.9 Å². The minimum Gasteiger partial charge on any atom is -0.361 e. The first kappa shape index (κ1) is 25.2. The number of rotatable bonds is 9. The average Bonchev–Trinajstić information content (AvgIpc) is 2.70. The van der Waals surface area contributed by atoms with Crippen LogP contribution in [0.1, 0.15) is 39.5 Å². The van der Waals surface area contributed by atoms with Gasteiger partial charge in [0.05, 0.1) is 6.10 Å². The molecule has 0 aliphatic carbocycles. The summed E-state index contributed by atoms with van der Waals surface area (Å²) in [5.74, 6) is -2.98. The van der Waals surface area contributed by atoms with E-state index in [1.807, 2.05) is 13.8 Å². The Morgan fingerprint density at radius 1 is 1.27 bits per heavy atom. The average molecular weight is 442 g/mol. The molecule has 30 heavy (non-hydrogen) atoms. The minimum absolute atomic E-state index is 0.0203. The second-order valence-corrected chi connectivity index (χ2v) is 15.3. The van der Waals surface area contributed by atoms with E-state index in [4.69, 9.17) is 18.9 Å². The topological polar surface area (TPSA) is 74.3 Å². The van der Waals surface area contributed by atoms with Crippen molar-refractivity contribution in [1.82, 2.24) is 4.90 Å². The predicted molar refractivity (Wildman–Crippen MR) is 118 cm³/mol. The Labute approximate surface area is 182 Å². The number of carbonyl (C=O) groups is 2. The lowest BCUT2D eigenvalue weighted by Gasteiger charge is -2.42. The molecular weight excluding hydrogens is 402 g/mol. The molecule has 0 bridgehead atoms. The number of nitrogens with zero attached hydrogens (tertiary/aromatic N) is 1. The quantitative estimate of drug-likeness (QED) is 0.179. The molecule has 0 aromatic heterocycles. The maximum atomic E-state index is 13.3. The molecule has 2 saturated heterocycles. The highest BCUT2D eigenvalue weighted by Crippen LogP contribution is 2.37. The van der Waals surface area contributed by atoms with Crippen LogP contribution >= 0.6 is 0 Å². The summed E-state index contributed by atoms with van der Waals surface area (Å²) < 4.78 is 23.1. The molecule has 0 aromatic carbocycles. The first-order valence-corrected chi connectivity index (χ1v) is 14.7. The van der Waals surface area contributed by atoms with Gasteiger partial charge in [-0.2, -0.15) is 0 Å². The Hall–Kier alpha value is -1.06. The number of methoxy groups -OCH3 is 1. The van der Waals surface area contributed by atoms with Crippen LogP contribution in [0.25, 0.3) is 0 Å². The van der Waals surface area contributed by atoms with Crippen molar-refractivity contribution in [3.63, 3.8) is 0 Å². The number of Topliss-reactive ketones (excluding diaryl/α,β-unsaturated/α-hetero) is 1. The Morgan fingerprint density at radius 3 is 2.50 bits per heavy atom. The van der Waals surface area contributed by atoms with Crippen molar-refractivity contribution in [3.05, 3.63) is 12.2 Å². The number of hydrogen-bond acceptors (Lipinski definition) is 6. The third-order valence-corrected chi connectivity index (χ3v) is 7.75. The summed E-state index contributed by atoms with van der Waals surface area (Å²) in [5.41, 5.74) is 0.837. The fraction of sp³-hybridized carbons (Fsp3) is 0.818. The molecule has 8 heteroatoms. The van der Waals surface area contributed by atoms with Gasteiger partial charge in [-0.15, -0.1) is 0 Å². The normalized spacial score (nSPS) is 30.2. The molecule has 1 amide bonds. The zero-order valence-corrected chi connectivity index (χ0v) is 20.5. The second-order valence-electron chi connectivity index (χ2n) is 9.68. The lowest BCUT2D eigenvalue weighted by atomic mass is 9.86. The highest BCUT2D eigenvalue weighted by molar-refractivity contribution is 6.76. The molecule has 2 aliphatic rings. The van der Waals surface area contributed by atoms with Crippen LogP contribution in [-0.4, -0.2) is 69.8 Å². The first-order chi connectivity index (χ1) is 14.0. The Balaban J connectivity index is 2.16. The van der Waals surface area contributed by atoms with E-state index in [-0.39, 0.29) is 25.2 Å². The summed E-state index contributed by atoms with van der Waals surface area (Å²) in [6.07, 6.45) is 1.97. The SMILES string of the molecule is C=C1C[C@@](OC)(C(=O)C(=O)N(COCC[Si](C)(C)C)[C@@H]2CCCCO2)O[C@@H](C)[C@H]1C. The molecule has 2 heterocycles. The van der Waals surface area contributed by atoms with E-state index >= 15 is 0 Å². The second kappa shape index (κ2) is 10.5. The molecule has 0 saturated carbocycles. The monoisotopic (exact) mass is 441 g/mol. The van der Waals surface area contributed by atoms with Gasteiger partial charge in [0, 0.05) is 40.7 Å². The summed E-state index contributed by atoms with van der Waals surface area (Å²) in [6, 6.07) is 0.981. The Kier molecular flexibility index (Phi) is 8.82. The molecule has 7 nitrogen and oxygen atoms in total. The molecular formula is C22H39NO6Si. The van der Waals surface area contributed by atoms with Gasteiger partial charge in [0.15, 0.2) is 0 Å². The third-order valence-electron chi connectivity index (χ3n) is 6.04. The highest BCUT2D eigenvalue weighted by Gasteiger charge is 2.51. The van der Waals surface area contributed by atoms with Gasteiger partial charge in [-0.3, -0.25) is 14.5 Å². The van der Waals surface area contributed by atoms with Gasteiger partial charge in [0.2, 0.25) is 5.79 Å². The van der Waals surface area contributed by atoms with Crippen LogP contribution in [0.15, 0.2) is 12.2 Å². The van der Waals surface area contributed by atoms with Gasteiger partial charge in [-0.05, 0) is 32.2 Å². The first-order valence-electron chi connectivity index (χ1n) is 11.0. The fourth-order valence-electron chi connectivity index (χ4n) is 3.66. The summed E-state index contributed by atoms with van der Waals surface area (Å²) >= 11 is 0. The molecule has 172 valence electrons. The molecule has 2 fully saturated rings. The molecule has 0 N–H and O–H groups in total. The van der Waals surface area contributed by atoms with E-state index in [1.165, 1.54) is 12.0 Å². The van der Waals surface area contributed by atoms with E-state index in [2.05, 4.69) is 26.2 Å². The Morgan fingerprint density at radius 2 is 1.97 bits per heavy atom. The van der Waals surface area contributed by atoms with Crippen LogP contribution in [0.2, 0.25) is 25.7 Å². The lowest BCUT2D eigenvalue weighted by molar-refractivity contribution is -0.250. The molecule has 2 aliphatic heterocycles. The Bertz CT molecular complexity index is 628. The number of ketones is 1. The van der Waals surface area contributed by atoms with Crippen LogP contribution in [0.4, 0.5) is 0 Å². The van der Waals surface area contributed by atoms with Crippen LogP contribution < -0.4 is 0 Å². The van der Waals surface area contributed by atoms with Gasteiger partial charge in [-0.25, -0.2) is 0 Å². The minimum atomic E-state index is -1.65. The summed E-state index contributed by atoms with van der Waals surface area (Å²) in [5, 5.41) is 0. The number of ether oxygens (including phenoxy) is 4. The van der Waals surface area contributed by atoms with Crippen LogP contribution in [0.3, 0.4) is 0 Å². The van der Waals surface area contributed by atoms with Gasteiger partial charge in [0.1, 0.15) is 13.0 Å². The van der Waals surface area contributed by atoms with E-state index in [9.17, 15) is 9.59 Å². The van der Waals surface area contributed by atoms with Crippen LogP contribution in [0, 0.1) is 5.92 Å². The number of carbonyl (C=O) groups excluding carboxylic acids is 2. The lowest BCUT2D eigenvalue weighted by Crippen LogP contribution is -2.58. The van der Waals surface area contributed by atoms with Gasteiger partial charge in [-0.1, -0.05) is 38.7 Å². The number of hydrogen-bond donors (Lipinski definition) is 0. The van der Waals surface area contributed by atoms with Crippen molar-refractivity contribution in [2.75, 3.05) is 27.1 Å². The molecule has 0 spiro atoms. The third kappa shape index (κ3) is 6.23. The van der Waals surface area contributed by atoms with E-state index in [0.717, 1.165) is 24.5 Å². The van der Waals surface area contributed by atoms with E-state index < -0.39 is 31.8 Å².